The zero-order chi connectivity index (χ0) is 19.9. The quantitative estimate of drug-likeness (QED) is 0.598. The first-order chi connectivity index (χ1) is 13.6. The molecule has 3 rings (SSSR count). The Morgan fingerprint density at radius 3 is 2.89 bits per heavy atom. The van der Waals surface area contributed by atoms with Crippen molar-refractivity contribution in [2.75, 3.05) is 31.1 Å². The molecule has 2 heterocycles. The van der Waals surface area contributed by atoms with E-state index in [-0.39, 0.29) is 17.8 Å². The van der Waals surface area contributed by atoms with Crippen LogP contribution in [0.5, 0.6) is 0 Å². The third-order valence-electron chi connectivity index (χ3n) is 4.60. The van der Waals surface area contributed by atoms with Gasteiger partial charge in [0, 0.05) is 51.0 Å². The first-order valence-electron chi connectivity index (χ1n) is 8.97. The van der Waals surface area contributed by atoms with Crippen LogP contribution in [-0.2, 0) is 9.63 Å². The highest BCUT2D eigenvalue weighted by molar-refractivity contribution is 6.01. The Balaban J connectivity index is 1.60. The van der Waals surface area contributed by atoms with Crippen LogP contribution in [-0.4, -0.2) is 48.8 Å². The number of carbonyl (C=O) groups excluding carboxylic acids is 1. The van der Waals surface area contributed by atoms with Gasteiger partial charge in [-0.25, -0.2) is 15.2 Å². The van der Waals surface area contributed by atoms with Crippen molar-refractivity contribution in [2.45, 2.75) is 19.4 Å². The molecule has 1 saturated heterocycles. The summed E-state index contributed by atoms with van der Waals surface area (Å²) >= 11 is 0. The maximum absolute atomic E-state index is 14.7. The molecular weight excluding hydrogens is 363 g/mol. The smallest absolute Gasteiger partial charge is 0.219 e. The zero-order valence-corrected chi connectivity index (χ0v) is 15.6. The predicted octanol–water partition coefficient (Wildman–Crippen LogP) is 1.01. The number of rotatable bonds is 4. The van der Waals surface area contributed by atoms with Crippen molar-refractivity contribution in [3.05, 3.63) is 42.0 Å². The Hall–Kier alpha value is -3.25. The molecule has 1 atom stereocenters. The number of nitrogens with two attached hydrogens (primary N) is 1. The number of piperazine rings is 1. The van der Waals surface area contributed by atoms with E-state index in [1.807, 2.05) is 11.0 Å². The molecule has 0 aromatic heterocycles. The van der Waals surface area contributed by atoms with Gasteiger partial charge >= 0.3 is 0 Å². The second kappa shape index (κ2) is 9.10. The number of anilines is 1. The van der Waals surface area contributed by atoms with Crippen LogP contribution in [0.2, 0.25) is 0 Å². The molecule has 3 N–H and O–H groups in total. The number of nitrogens with one attached hydrogen (secondary N) is 1. The largest absolute Gasteiger partial charge is 0.378 e. The molecule has 9 heteroatoms. The van der Waals surface area contributed by atoms with Gasteiger partial charge in [0.15, 0.2) is 6.10 Å². The van der Waals surface area contributed by atoms with Crippen LogP contribution in [0.1, 0.15) is 18.9 Å². The summed E-state index contributed by atoms with van der Waals surface area (Å²) in [5.41, 5.74) is 8.49. The molecule has 2 aliphatic rings. The molecule has 2 aliphatic heterocycles. The minimum atomic E-state index is -0.380. The fourth-order valence-electron chi connectivity index (χ4n) is 3.11. The fourth-order valence-corrected chi connectivity index (χ4v) is 3.11. The molecular formula is C19H22FN6O2+. The van der Waals surface area contributed by atoms with Crippen molar-refractivity contribution in [3.8, 4) is 12.0 Å². The third kappa shape index (κ3) is 4.72. The summed E-state index contributed by atoms with van der Waals surface area (Å²) in [4.78, 5) is 20.4. The van der Waals surface area contributed by atoms with E-state index in [4.69, 9.17) is 10.4 Å². The molecule has 0 bridgehead atoms. The lowest BCUT2D eigenvalue weighted by Gasteiger charge is -2.35. The fraction of sp³-hybridized carbons (Fsp3) is 0.368. The molecule has 1 aromatic rings. The lowest BCUT2D eigenvalue weighted by atomic mass is 10.0. The maximum Gasteiger partial charge on any atom is 0.219 e. The second-order valence-corrected chi connectivity index (χ2v) is 6.42. The number of amides is 1. The highest BCUT2D eigenvalue weighted by atomic mass is 19.1. The minimum absolute atomic E-state index is 0.0485. The van der Waals surface area contributed by atoms with Crippen LogP contribution < -0.4 is 10.2 Å². The number of quaternary nitrogens is 1. The monoisotopic (exact) mass is 385 g/mol. The highest BCUT2D eigenvalue weighted by Crippen LogP contribution is 2.24. The van der Waals surface area contributed by atoms with Gasteiger partial charge in [-0.15, -0.1) is 0 Å². The Morgan fingerprint density at radius 2 is 2.21 bits per heavy atom. The SMILES string of the molecule is CC(=O)N1CCN(c2ccc(C3=NOC(C#C[NH2+]/C=C\N=N)C3)cc2F)CC1. The summed E-state index contributed by atoms with van der Waals surface area (Å²) in [5.74, 6) is 2.63. The summed E-state index contributed by atoms with van der Waals surface area (Å²) in [5, 5.41) is 8.67. The van der Waals surface area contributed by atoms with E-state index >= 15 is 0 Å². The number of nitrogens with zero attached hydrogens (tertiary/aromatic N) is 4. The average molecular weight is 385 g/mol. The standard InChI is InChI=1S/C19H21FN6O2/c1-14(27)25-8-10-26(11-9-25)19-3-2-15(12-17(19)20)18-13-16(28-24-18)4-5-22-6-7-23-21/h2-3,6-7,12,16,21-22H,8-11,13H2,1H3/p+1/b7-6-,23-21?. The van der Waals surface area contributed by atoms with Crippen LogP contribution in [0.25, 0.3) is 0 Å². The van der Waals surface area contributed by atoms with Crippen molar-refractivity contribution < 1.29 is 19.3 Å². The van der Waals surface area contributed by atoms with Gasteiger partial charge in [0.25, 0.3) is 0 Å². The first kappa shape index (κ1) is 19.5. The zero-order valence-electron chi connectivity index (χ0n) is 15.6. The van der Waals surface area contributed by atoms with E-state index in [0.29, 0.717) is 49.6 Å². The average Bonchev–Trinajstić information content (AvgIpc) is 3.17. The normalized spacial score (nSPS) is 19.1. The van der Waals surface area contributed by atoms with Gasteiger partial charge in [-0.1, -0.05) is 11.2 Å². The molecule has 1 amide bonds. The molecule has 28 heavy (non-hydrogen) atoms. The Morgan fingerprint density at radius 1 is 1.43 bits per heavy atom. The van der Waals surface area contributed by atoms with E-state index in [9.17, 15) is 9.18 Å². The number of halogens is 1. The molecule has 0 spiro atoms. The van der Waals surface area contributed by atoms with E-state index in [1.54, 1.807) is 29.4 Å². The number of oxime groups is 1. The highest BCUT2D eigenvalue weighted by Gasteiger charge is 2.24. The van der Waals surface area contributed by atoms with E-state index in [1.165, 1.54) is 12.3 Å². The van der Waals surface area contributed by atoms with Gasteiger partial charge in [-0.3, -0.25) is 4.79 Å². The van der Waals surface area contributed by atoms with Crippen LogP contribution in [0.3, 0.4) is 0 Å². The van der Waals surface area contributed by atoms with E-state index < -0.39 is 0 Å². The molecule has 1 aromatic carbocycles. The first-order valence-corrected chi connectivity index (χ1v) is 8.97. The Labute approximate surface area is 162 Å². The van der Waals surface area contributed by atoms with Gasteiger partial charge in [0.2, 0.25) is 5.91 Å². The molecule has 0 radical (unpaired) electrons. The molecule has 8 nitrogen and oxygen atoms in total. The van der Waals surface area contributed by atoms with Crippen LogP contribution in [0.15, 0.2) is 40.9 Å². The van der Waals surface area contributed by atoms with Crippen LogP contribution >= 0.6 is 0 Å². The Kier molecular flexibility index (Phi) is 6.34. The summed E-state index contributed by atoms with van der Waals surface area (Å²) in [7, 11) is 0. The summed E-state index contributed by atoms with van der Waals surface area (Å²) in [6.45, 7) is 3.96. The van der Waals surface area contributed by atoms with Crippen LogP contribution in [0, 0.1) is 23.3 Å². The summed E-state index contributed by atoms with van der Waals surface area (Å²) in [6, 6.07) is 7.84. The lowest BCUT2D eigenvalue weighted by molar-refractivity contribution is -0.491. The van der Waals surface area contributed by atoms with Crippen molar-refractivity contribution in [1.82, 2.24) is 4.90 Å². The Bertz CT molecular complexity index is 865. The van der Waals surface area contributed by atoms with Crippen molar-refractivity contribution in [2.24, 2.45) is 10.3 Å². The summed E-state index contributed by atoms with van der Waals surface area (Å²) < 4.78 is 14.7. The lowest BCUT2D eigenvalue weighted by Crippen LogP contribution is -2.71. The number of hydrogen-bond acceptors (Lipinski definition) is 6. The third-order valence-corrected chi connectivity index (χ3v) is 4.60. The minimum Gasteiger partial charge on any atom is -0.378 e. The van der Waals surface area contributed by atoms with Crippen LogP contribution in [0.4, 0.5) is 10.1 Å². The van der Waals surface area contributed by atoms with Gasteiger partial charge < -0.3 is 14.6 Å². The van der Waals surface area contributed by atoms with Gasteiger partial charge in [-0.2, -0.15) is 5.11 Å². The second-order valence-electron chi connectivity index (χ2n) is 6.42. The van der Waals surface area contributed by atoms with Crippen molar-refractivity contribution >= 4 is 17.3 Å². The molecule has 1 fully saturated rings. The maximum atomic E-state index is 14.7. The topological polar surface area (TPSA) is 98.0 Å². The van der Waals surface area contributed by atoms with E-state index in [0.717, 1.165) is 0 Å². The van der Waals surface area contributed by atoms with E-state index in [2.05, 4.69) is 22.2 Å². The number of hydrogen-bond donors (Lipinski definition) is 2. The number of carbonyl (C=O) groups is 1. The molecule has 1 unspecified atom stereocenters. The molecule has 0 aliphatic carbocycles. The molecule has 0 saturated carbocycles. The predicted molar refractivity (Wildman–Crippen MR) is 101 cm³/mol. The molecule has 146 valence electrons. The van der Waals surface area contributed by atoms with Gasteiger partial charge in [-0.05, 0) is 12.1 Å². The van der Waals surface area contributed by atoms with Crippen molar-refractivity contribution in [1.29, 1.82) is 5.53 Å². The van der Waals surface area contributed by atoms with Crippen molar-refractivity contribution in [3.63, 3.8) is 0 Å². The van der Waals surface area contributed by atoms with Gasteiger partial charge in [0.1, 0.15) is 24.3 Å². The van der Waals surface area contributed by atoms with Gasteiger partial charge in [0.05, 0.1) is 11.4 Å². The summed E-state index contributed by atoms with van der Waals surface area (Å²) in [6.07, 6.45) is 2.97. The number of benzene rings is 1.